The molecule has 0 bridgehead atoms. The van der Waals surface area contributed by atoms with Crippen LogP contribution in [0.2, 0.25) is 0 Å². The molecule has 21 heavy (non-hydrogen) atoms. The molecule has 0 radical (unpaired) electrons. The summed E-state index contributed by atoms with van der Waals surface area (Å²) in [7, 11) is 0. The van der Waals surface area contributed by atoms with Gasteiger partial charge in [-0.3, -0.25) is 0 Å². The van der Waals surface area contributed by atoms with Gasteiger partial charge in [-0.15, -0.1) is 11.3 Å². The number of anilines is 1. The summed E-state index contributed by atoms with van der Waals surface area (Å²) in [6.45, 7) is 8.19. The molecule has 0 saturated carbocycles. The van der Waals surface area contributed by atoms with E-state index in [4.69, 9.17) is 5.73 Å². The number of aromatic nitrogens is 2. The van der Waals surface area contributed by atoms with Crippen LogP contribution in [0.1, 0.15) is 18.2 Å². The molecule has 3 rings (SSSR count). The second-order valence-electron chi connectivity index (χ2n) is 5.45. The lowest BCUT2D eigenvalue weighted by molar-refractivity contribution is 0.302. The van der Waals surface area contributed by atoms with Crippen LogP contribution in [-0.4, -0.2) is 54.1 Å². The van der Waals surface area contributed by atoms with Crippen LogP contribution >= 0.6 is 11.3 Å². The molecule has 0 amide bonds. The third-order valence-electron chi connectivity index (χ3n) is 4.04. The number of rotatable bonds is 4. The Morgan fingerprint density at radius 3 is 2.95 bits per heavy atom. The van der Waals surface area contributed by atoms with Gasteiger partial charge in [-0.1, -0.05) is 6.92 Å². The molecule has 1 aliphatic rings. The number of nitrogens with zero attached hydrogens (tertiary/aromatic N) is 4. The summed E-state index contributed by atoms with van der Waals surface area (Å²) in [6, 6.07) is 2.26. The molecule has 2 aromatic heterocycles. The van der Waals surface area contributed by atoms with Gasteiger partial charge in [0, 0.05) is 37.6 Å². The predicted molar refractivity (Wildman–Crippen MR) is 89.1 cm³/mol. The monoisotopic (exact) mass is 305 g/mol. The lowest BCUT2D eigenvalue weighted by atomic mass is 10.3. The van der Waals surface area contributed by atoms with Crippen LogP contribution in [0.4, 0.5) is 5.82 Å². The normalized spacial score (nSPS) is 17.3. The van der Waals surface area contributed by atoms with E-state index in [1.165, 1.54) is 10.3 Å². The lowest BCUT2D eigenvalue weighted by Gasteiger charge is -2.22. The van der Waals surface area contributed by atoms with Crippen molar-refractivity contribution in [2.24, 2.45) is 5.73 Å². The van der Waals surface area contributed by atoms with Gasteiger partial charge in [-0.2, -0.15) is 0 Å². The van der Waals surface area contributed by atoms with E-state index in [0.29, 0.717) is 0 Å². The maximum Gasteiger partial charge on any atom is 0.140 e. The molecule has 2 aromatic rings. The Kier molecular flexibility index (Phi) is 4.67. The average molecular weight is 305 g/mol. The van der Waals surface area contributed by atoms with Crippen molar-refractivity contribution in [2.75, 3.05) is 44.2 Å². The Labute approximate surface area is 129 Å². The molecule has 1 fully saturated rings. The minimum Gasteiger partial charge on any atom is -0.355 e. The van der Waals surface area contributed by atoms with Gasteiger partial charge in [0.25, 0.3) is 0 Å². The maximum atomic E-state index is 5.67. The van der Waals surface area contributed by atoms with Crippen molar-refractivity contribution in [2.45, 2.75) is 19.8 Å². The zero-order valence-electron chi connectivity index (χ0n) is 12.6. The SMILES string of the molecule is CCc1cc2c(N3CCCN(CCN)CC3)ncnc2s1. The van der Waals surface area contributed by atoms with Gasteiger partial charge in [-0.25, -0.2) is 9.97 Å². The van der Waals surface area contributed by atoms with Crippen LogP contribution in [0.15, 0.2) is 12.4 Å². The fraction of sp³-hybridized carbons (Fsp3) is 0.600. The molecule has 0 unspecified atom stereocenters. The van der Waals surface area contributed by atoms with E-state index in [2.05, 4.69) is 32.8 Å². The van der Waals surface area contributed by atoms with Gasteiger partial charge < -0.3 is 15.5 Å². The van der Waals surface area contributed by atoms with Crippen molar-refractivity contribution in [3.05, 3.63) is 17.3 Å². The first kappa shape index (κ1) is 14.7. The standard InChI is InChI=1S/C15H23N5S/c1-2-12-10-13-14(17-11-18-15(13)21-12)20-6-3-5-19(7-4-16)8-9-20/h10-11H,2-9,16H2,1H3. The summed E-state index contributed by atoms with van der Waals surface area (Å²) in [4.78, 5) is 16.3. The van der Waals surface area contributed by atoms with Crippen molar-refractivity contribution in [1.82, 2.24) is 14.9 Å². The minimum atomic E-state index is 0.738. The highest BCUT2D eigenvalue weighted by atomic mass is 32.1. The van der Waals surface area contributed by atoms with E-state index >= 15 is 0 Å². The molecule has 5 nitrogen and oxygen atoms in total. The molecule has 1 aliphatic heterocycles. The summed E-state index contributed by atoms with van der Waals surface area (Å²) in [6.07, 6.45) is 3.93. The van der Waals surface area contributed by atoms with Crippen LogP contribution in [0.3, 0.4) is 0 Å². The summed E-state index contributed by atoms with van der Waals surface area (Å²) in [5.41, 5.74) is 5.67. The zero-order valence-corrected chi connectivity index (χ0v) is 13.4. The van der Waals surface area contributed by atoms with E-state index in [1.54, 1.807) is 17.7 Å². The molecule has 3 heterocycles. The van der Waals surface area contributed by atoms with Crippen LogP contribution < -0.4 is 10.6 Å². The molecule has 2 N–H and O–H groups in total. The van der Waals surface area contributed by atoms with Crippen molar-refractivity contribution in [3.8, 4) is 0 Å². The molecule has 0 aliphatic carbocycles. The molecule has 1 saturated heterocycles. The van der Waals surface area contributed by atoms with Gasteiger partial charge in [0.1, 0.15) is 17.0 Å². The van der Waals surface area contributed by atoms with E-state index in [1.807, 2.05) is 0 Å². The quantitative estimate of drug-likeness (QED) is 0.932. The molecular weight excluding hydrogens is 282 g/mol. The van der Waals surface area contributed by atoms with Crippen molar-refractivity contribution in [1.29, 1.82) is 0 Å². The number of hydrogen-bond acceptors (Lipinski definition) is 6. The van der Waals surface area contributed by atoms with Gasteiger partial charge in [0.2, 0.25) is 0 Å². The third-order valence-corrected chi connectivity index (χ3v) is 5.23. The zero-order chi connectivity index (χ0) is 14.7. The van der Waals surface area contributed by atoms with Crippen LogP contribution in [0, 0.1) is 0 Å². The summed E-state index contributed by atoms with van der Waals surface area (Å²) >= 11 is 1.78. The number of fused-ring (bicyclic) bond motifs is 1. The second-order valence-corrected chi connectivity index (χ2v) is 6.57. The highest BCUT2D eigenvalue weighted by molar-refractivity contribution is 7.18. The van der Waals surface area contributed by atoms with E-state index in [9.17, 15) is 0 Å². The van der Waals surface area contributed by atoms with Gasteiger partial charge in [0.05, 0.1) is 5.39 Å². The lowest BCUT2D eigenvalue weighted by Crippen LogP contribution is -2.34. The first-order valence-corrected chi connectivity index (χ1v) is 8.54. The number of nitrogens with two attached hydrogens (primary N) is 1. The van der Waals surface area contributed by atoms with Crippen molar-refractivity contribution >= 4 is 27.4 Å². The Balaban J connectivity index is 1.84. The molecular formula is C15H23N5S. The number of hydrogen-bond donors (Lipinski definition) is 1. The highest BCUT2D eigenvalue weighted by Crippen LogP contribution is 2.30. The first-order chi connectivity index (χ1) is 10.3. The second kappa shape index (κ2) is 6.68. The maximum absolute atomic E-state index is 5.67. The largest absolute Gasteiger partial charge is 0.355 e. The van der Waals surface area contributed by atoms with Crippen LogP contribution in [-0.2, 0) is 6.42 Å². The van der Waals surface area contributed by atoms with E-state index in [-0.39, 0.29) is 0 Å². The summed E-state index contributed by atoms with van der Waals surface area (Å²) in [5.74, 6) is 1.10. The fourth-order valence-corrected chi connectivity index (χ4v) is 3.84. The van der Waals surface area contributed by atoms with Gasteiger partial charge >= 0.3 is 0 Å². The third kappa shape index (κ3) is 3.17. The minimum absolute atomic E-state index is 0.738. The van der Waals surface area contributed by atoms with Crippen LogP contribution in [0.5, 0.6) is 0 Å². The Morgan fingerprint density at radius 2 is 2.14 bits per heavy atom. The first-order valence-electron chi connectivity index (χ1n) is 7.72. The highest BCUT2D eigenvalue weighted by Gasteiger charge is 2.18. The predicted octanol–water partition coefficient (Wildman–Crippen LogP) is 1.72. The Bertz CT molecular complexity index is 597. The number of aryl methyl sites for hydroxylation is 1. The van der Waals surface area contributed by atoms with Gasteiger partial charge in [0.15, 0.2) is 0 Å². The molecule has 0 atom stereocenters. The number of thiophene rings is 1. The van der Waals surface area contributed by atoms with E-state index < -0.39 is 0 Å². The average Bonchev–Trinajstić information content (AvgIpc) is 2.80. The Morgan fingerprint density at radius 1 is 1.24 bits per heavy atom. The van der Waals surface area contributed by atoms with Crippen molar-refractivity contribution in [3.63, 3.8) is 0 Å². The van der Waals surface area contributed by atoms with Crippen LogP contribution in [0.25, 0.3) is 10.2 Å². The Hall–Kier alpha value is -1.24. The summed E-state index contributed by atoms with van der Waals surface area (Å²) < 4.78 is 0. The molecule has 114 valence electrons. The topological polar surface area (TPSA) is 58.3 Å². The molecule has 6 heteroatoms. The van der Waals surface area contributed by atoms with E-state index in [0.717, 1.165) is 62.8 Å². The molecule has 0 spiro atoms. The van der Waals surface area contributed by atoms with Crippen molar-refractivity contribution < 1.29 is 0 Å². The summed E-state index contributed by atoms with van der Waals surface area (Å²) in [5, 5.41) is 1.21. The smallest absolute Gasteiger partial charge is 0.140 e. The fourth-order valence-electron chi connectivity index (χ4n) is 2.91. The van der Waals surface area contributed by atoms with Gasteiger partial charge in [-0.05, 0) is 25.5 Å². The molecule has 0 aromatic carbocycles.